The molecule has 18 heavy (non-hydrogen) atoms. The summed E-state index contributed by atoms with van der Waals surface area (Å²) in [6, 6.07) is 18.3. The van der Waals surface area contributed by atoms with E-state index in [1.807, 2.05) is 43.3 Å². The lowest BCUT2D eigenvalue weighted by Gasteiger charge is -2.09. The van der Waals surface area contributed by atoms with Crippen molar-refractivity contribution in [3.05, 3.63) is 70.6 Å². The van der Waals surface area contributed by atoms with Gasteiger partial charge in [-0.05, 0) is 30.0 Å². The zero-order valence-corrected chi connectivity index (χ0v) is 10.9. The highest BCUT2D eigenvalue weighted by molar-refractivity contribution is 7.19. The average molecular weight is 254 g/mol. The number of hydrogen-bond acceptors (Lipinski definition) is 2. The van der Waals surface area contributed by atoms with Gasteiger partial charge >= 0.3 is 0 Å². The Morgan fingerprint density at radius 3 is 2.61 bits per heavy atom. The van der Waals surface area contributed by atoms with Gasteiger partial charge in [0.1, 0.15) is 6.10 Å². The minimum absolute atomic E-state index is 0.526. The minimum Gasteiger partial charge on any atom is -0.383 e. The Hall–Kier alpha value is -1.64. The zero-order valence-electron chi connectivity index (χ0n) is 10.1. The smallest absolute Gasteiger partial charge is 0.113 e. The van der Waals surface area contributed by atoms with Crippen LogP contribution in [0.4, 0.5) is 0 Å². The van der Waals surface area contributed by atoms with E-state index < -0.39 is 6.10 Å². The van der Waals surface area contributed by atoms with Crippen molar-refractivity contribution in [1.29, 1.82) is 0 Å². The molecule has 0 bridgehead atoms. The molecule has 1 nitrogen and oxygen atoms in total. The summed E-state index contributed by atoms with van der Waals surface area (Å²) >= 11 is 1.66. The highest BCUT2D eigenvalue weighted by Gasteiger charge is 2.13. The molecule has 2 aromatic carbocycles. The van der Waals surface area contributed by atoms with Crippen molar-refractivity contribution in [2.24, 2.45) is 0 Å². The molecule has 0 amide bonds. The molecule has 1 unspecified atom stereocenters. The molecule has 1 aromatic heterocycles. The molecule has 3 aromatic rings. The van der Waals surface area contributed by atoms with Gasteiger partial charge in [-0.25, -0.2) is 0 Å². The molecule has 1 atom stereocenters. The second-order valence-electron chi connectivity index (χ2n) is 4.50. The van der Waals surface area contributed by atoms with E-state index in [2.05, 4.69) is 18.2 Å². The fourth-order valence-corrected chi connectivity index (χ4v) is 3.22. The molecule has 3 rings (SSSR count). The van der Waals surface area contributed by atoms with Gasteiger partial charge in [0.15, 0.2) is 0 Å². The van der Waals surface area contributed by atoms with Gasteiger partial charge in [-0.1, -0.05) is 48.0 Å². The van der Waals surface area contributed by atoms with Crippen LogP contribution in [0.15, 0.2) is 54.6 Å². The summed E-state index contributed by atoms with van der Waals surface area (Å²) in [6.45, 7) is 2.04. The summed E-state index contributed by atoms with van der Waals surface area (Å²) in [5.74, 6) is 0. The topological polar surface area (TPSA) is 20.2 Å². The van der Waals surface area contributed by atoms with E-state index in [0.717, 1.165) is 10.4 Å². The molecule has 0 fully saturated rings. The third kappa shape index (κ3) is 2.05. The van der Waals surface area contributed by atoms with E-state index in [1.165, 1.54) is 15.6 Å². The van der Waals surface area contributed by atoms with Gasteiger partial charge in [-0.15, -0.1) is 11.3 Å². The Bertz CT molecular complexity index is 651. The first-order valence-electron chi connectivity index (χ1n) is 5.97. The van der Waals surface area contributed by atoms with Crippen molar-refractivity contribution in [2.75, 3.05) is 0 Å². The summed E-state index contributed by atoms with van der Waals surface area (Å²) in [4.78, 5) is 1.00. The maximum Gasteiger partial charge on any atom is 0.113 e. The first kappa shape index (κ1) is 11.5. The Morgan fingerprint density at radius 2 is 1.83 bits per heavy atom. The fourth-order valence-electron chi connectivity index (χ4n) is 2.14. The number of aryl methyl sites for hydroxylation is 1. The van der Waals surface area contributed by atoms with Crippen molar-refractivity contribution in [3.8, 4) is 0 Å². The molecule has 0 aliphatic carbocycles. The Balaban J connectivity index is 2.03. The number of hydrogen-bond donors (Lipinski definition) is 1. The maximum atomic E-state index is 10.4. The molecular formula is C16H14OS. The number of fused-ring (bicyclic) bond motifs is 1. The summed E-state index contributed by atoms with van der Waals surface area (Å²) < 4.78 is 1.22. The lowest BCUT2D eigenvalue weighted by atomic mass is 10.1. The Kier molecular flexibility index (Phi) is 2.90. The number of benzene rings is 2. The van der Waals surface area contributed by atoms with E-state index in [0.29, 0.717) is 0 Å². The molecule has 0 aliphatic rings. The maximum absolute atomic E-state index is 10.4. The van der Waals surface area contributed by atoms with Crippen molar-refractivity contribution < 1.29 is 5.11 Å². The minimum atomic E-state index is -0.526. The molecule has 0 radical (unpaired) electrons. The number of rotatable bonds is 2. The van der Waals surface area contributed by atoms with Crippen LogP contribution in [0.2, 0.25) is 0 Å². The van der Waals surface area contributed by atoms with Gasteiger partial charge in [0.25, 0.3) is 0 Å². The summed E-state index contributed by atoms with van der Waals surface area (Å²) in [6.07, 6.45) is -0.526. The SMILES string of the molecule is Cc1cccc(C(O)c2cc3ccccc3s2)c1. The van der Waals surface area contributed by atoms with Crippen LogP contribution in [0.25, 0.3) is 10.1 Å². The van der Waals surface area contributed by atoms with Crippen LogP contribution in [0.3, 0.4) is 0 Å². The van der Waals surface area contributed by atoms with E-state index in [1.54, 1.807) is 11.3 Å². The molecule has 0 saturated heterocycles. The first-order valence-corrected chi connectivity index (χ1v) is 6.79. The number of aliphatic hydroxyl groups excluding tert-OH is 1. The monoisotopic (exact) mass is 254 g/mol. The lowest BCUT2D eigenvalue weighted by molar-refractivity contribution is 0.224. The van der Waals surface area contributed by atoms with Gasteiger partial charge in [0.05, 0.1) is 0 Å². The molecule has 0 spiro atoms. The fraction of sp³-hybridized carbons (Fsp3) is 0.125. The molecule has 90 valence electrons. The predicted molar refractivity (Wildman–Crippen MR) is 77.1 cm³/mol. The molecule has 1 N–H and O–H groups in total. The summed E-state index contributed by atoms with van der Waals surface area (Å²) in [5, 5.41) is 11.6. The van der Waals surface area contributed by atoms with Crippen LogP contribution in [-0.4, -0.2) is 5.11 Å². The van der Waals surface area contributed by atoms with Crippen LogP contribution in [0, 0.1) is 6.92 Å². The molecule has 0 aliphatic heterocycles. The molecular weight excluding hydrogens is 240 g/mol. The van der Waals surface area contributed by atoms with Crippen molar-refractivity contribution >= 4 is 21.4 Å². The second-order valence-corrected chi connectivity index (χ2v) is 5.62. The van der Waals surface area contributed by atoms with E-state index in [9.17, 15) is 5.11 Å². The van der Waals surface area contributed by atoms with Crippen molar-refractivity contribution in [1.82, 2.24) is 0 Å². The van der Waals surface area contributed by atoms with E-state index in [4.69, 9.17) is 0 Å². The van der Waals surface area contributed by atoms with E-state index in [-0.39, 0.29) is 0 Å². The number of thiophene rings is 1. The third-order valence-corrected chi connectivity index (χ3v) is 4.24. The normalized spacial score (nSPS) is 12.8. The highest BCUT2D eigenvalue weighted by Crippen LogP contribution is 2.33. The van der Waals surface area contributed by atoms with Gasteiger partial charge in [0.2, 0.25) is 0 Å². The highest BCUT2D eigenvalue weighted by atomic mass is 32.1. The predicted octanol–water partition coefficient (Wildman–Crippen LogP) is 4.29. The third-order valence-electron chi connectivity index (χ3n) is 3.07. The van der Waals surface area contributed by atoms with Gasteiger partial charge in [0, 0.05) is 9.58 Å². The van der Waals surface area contributed by atoms with Crippen LogP contribution in [0.1, 0.15) is 22.1 Å². The van der Waals surface area contributed by atoms with Gasteiger partial charge in [-0.3, -0.25) is 0 Å². The van der Waals surface area contributed by atoms with Crippen molar-refractivity contribution in [3.63, 3.8) is 0 Å². The second kappa shape index (κ2) is 4.56. The van der Waals surface area contributed by atoms with Gasteiger partial charge in [-0.2, -0.15) is 0 Å². The first-order chi connectivity index (χ1) is 8.74. The number of aliphatic hydroxyl groups is 1. The van der Waals surface area contributed by atoms with Crippen LogP contribution in [0.5, 0.6) is 0 Å². The van der Waals surface area contributed by atoms with Crippen LogP contribution in [-0.2, 0) is 0 Å². The van der Waals surface area contributed by atoms with Crippen LogP contribution < -0.4 is 0 Å². The molecule has 2 heteroatoms. The standard InChI is InChI=1S/C16H14OS/c1-11-5-4-7-13(9-11)16(17)15-10-12-6-2-3-8-14(12)18-15/h2-10,16-17H,1H3. The Morgan fingerprint density at radius 1 is 1.00 bits per heavy atom. The zero-order chi connectivity index (χ0) is 12.5. The molecule has 1 heterocycles. The molecule has 0 saturated carbocycles. The van der Waals surface area contributed by atoms with Crippen LogP contribution >= 0.6 is 11.3 Å². The van der Waals surface area contributed by atoms with Gasteiger partial charge < -0.3 is 5.11 Å². The van der Waals surface area contributed by atoms with Crippen molar-refractivity contribution in [2.45, 2.75) is 13.0 Å². The Labute approximate surface area is 110 Å². The van der Waals surface area contributed by atoms with E-state index >= 15 is 0 Å². The largest absolute Gasteiger partial charge is 0.383 e. The lowest BCUT2D eigenvalue weighted by Crippen LogP contribution is -1.96. The summed E-state index contributed by atoms with van der Waals surface area (Å²) in [5.41, 5.74) is 2.13. The summed E-state index contributed by atoms with van der Waals surface area (Å²) in [7, 11) is 0. The quantitative estimate of drug-likeness (QED) is 0.723. The average Bonchev–Trinajstić information content (AvgIpc) is 2.81.